The van der Waals surface area contributed by atoms with E-state index in [1.165, 1.54) is 19.3 Å². The first-order valence-electron chi connectivity index (χ1n) is 13.6. The Morgan fingerprint density at radius 1 is 0.919 bits per heavy atom. The number of benzene rings is 2. The molecule has 0 amide bonds. The molecule has 0 aliphatic heterocycles. The Bertz CT molecular complexity index is 1070. The molecule has 0 aromatic heterocycles. The van der Waals surface area contributed by atoms with Crippen LogP contribution in [0.5, 0.6) is 5.75 Å². The van der Waals surface area contributed by atoms with Gasteiger partial charge in [0, 0.05) is 5.92 Å². The summed E-state index contributed by atoms with van der Waals surface area (Å²) < 4.78 is 11.5. The molecule has 0 spiro atoms. The van der Waals surface area contributed by atoms with Crippen LogP contribution in [0.15, 0.2) is 72.8 Å². The Balaban J connectivity index is 1.75. The molecule has 2 aromatic carbocycles. The number of esters is 1. The molecular formula is C32H40O5. The number of hydrogen-bond donors (Lipinski definition) is 1. The van der Waals surface area contributed by atoms with Crippen molar-refractivity contribution in [1.29, 1.82) is 0 Å². The second kappa shape index (κ2) is 13.8. The van der Waals surface area contributed by atoms with Crippen molar-refractivity contribution in [2.45, 2.75) is 83.2 Å². The van der Waals surface area contributed by atoms with Gasteiger partial charge in [-0.1, -0.05) is 101 Å². The van der Waals surface area contributed by atoms with Crippen molar-refractivity contribution in [2.75, 3.05) is 6.61 Å². The normalized spacial score (nSPS) is 19.4. The van der Waals surface area contributed by atoms with Gasteiger partial charge in [0.05, 0.1) is 18.3 Å². The van der Waals surface area contributed by atoms with Crippen molar-refractivity contribution in [2.24, 2.45) is 0 Å². The summed E-state index contributed by atoms with van der Waals surface area (Å²) in [6, 6.07) is 14.8. The number of rotatable bonds is 14. The molecule has 0 heterocycles. The van der Waals surface area contributed by atoms with Crippen LogP contribution in [0, 0.1) is 0 Å². The summed E-state index contributed by atoms with van der Waals surface area (Å²) in [7, 11) is 0. The van der Waals surface area contributed by atoms with Crippen LogP contribution in [0.2, 0.25) is 0 Å². The maximum atomic E-state index is 13.0. The molecule has 37 heavy (non-hydrogen) atoms. The number of hydrogen-bond acceptors (Lipinski definition) is 4. The number of carbonyl (C=O) groups excluding carboxylic acids is 1. The highest BCUT2D eigenvalue weighted by Gasteiger charge is 2.40. The van der Waals surface area contributed by atoms with E-state index in [9.17, 15) is 14.7 Å². The van der Waals surface area contributed by atoms with Crippen LogP contribution < -0.4 is 4.74 Å². The number of aliphatic carboxylic acids is 1. The summed E-state index contributed by atoms with van der Waals surface area (Å²) in [5, 5.41) is 10.3. The van der Waals surface area contributed by atoms with Crippen LogP contribution in [0.25, 0.3) is 0 Å². The Hall–Kier alpha value is -3.34. The van der Waals surface area contributed by atoms with Gasteiger partial charge >= 0.3 is 11.9 Å². The smallest absolute Gasteiger partial charge is 0.338 e. The second-order valence-electron chi connectivity index (χ2n) is 9.80. The van der Waals surface area contributed by atoms with Crippen molar-refractivity contribution >= 4 is 11.9 Å². The molecule has 2 aromatic rings. The number of carboxylic acid groups (broad SMARTS) is 1. The summed E-state index contributed by atoms with van der Waals surface area (Å²) >= 11 is 0. The van der Waals surface area contributed by atoms with Crippen LogP contribution in [0.4, 0.5) is 0 Å². The third-order valence-corrected chi connectivity index (χ3v) is 6.88. The van der Waals surface area contributed by atoms with E-state index in [0.717, 1.165) is 37.0 Å². The van der Waals surface area contributed by atoms with Gasteiger partial charge in [-0.15, -0.1) is 0 Å². The highest BCUT2D eigenvalue weighted by atomic mass is 16.5. The third-order valence-electron chi connectivity index (χ3n) is 6.88. The monoisotopic (exact) mass is 504 g/mol. The zero-order valence-electron chi connectivity index (χ0n) is 22.3. The van der Waals surface area contributed by atoms with E-state index >= 15 is 0 Å². The van der Waals surface area contributed by atoms with Gasteiger partial charge in [-0.2, -0.15) is 0 Å². The van der Waals surface area contributed by atoms with E-state index < -0.39 is 17.4 Å². The van der Waals surface area contributed by atoms with Gasteiger partial charge in [0.15, 0.2) is 0 Å². The van der Waals surface area contributed by atoms with Gasteiger partial charge in [-0.25, -0.2) is 4.79 Å². The van der Waals surface area contributed by atoms with Crippen LogP contribution in [0.1, 0.15) is 93.1 Å². The molecule has 0 fully saturated rings. The molecular weight excluding hydrogens is 464 g/mol. The predicted octanol–water partition coefficient (Wildman–Crippen LogP) is 7.61. The van der Waals surface area contributed by atoms with Crippen LogP contribution in [-0.2, 0) is 14.9 Å². The number of ether oxygens (including phenoxy) is 2. The fourth-order valence-corrected chi connectivity index (χ4v) is 4.61. The minimum absolute atomic E-state index is 0.0701. The van der Waals surface area contributed by atoms with E-state index in [4.69, 9.17) is 9.47 Å². The first kappa shape index (κ1) is 28.2. The quantitative estimate of drug-likeness (QED) is 0.163. The number of unbranched alkanes of at least 4 members (excludes halogenated alkanes) is 4. The Labute approximate surface area is 221 Å². The Morgan fingerprint density at radius 2 is 1.59 bits per heavy atom. The first-order chi connectivity index (χ1) is 17.9. The van der Waals surface area contributed by atoms with Gasteiger partial charge in [-0.3, -0.25) is 4.79 Å². The summed E-state index contributed by atoms with van der Waals surface area (Å²) in [5.41, 5.74) is 0.289. The summed E-state index contributed by atoms with van der Waals surface area (Å²) in [4.78, 5) is 25.6. The lowest BCUT2D eigenvalue weighted by Gasteiger charge is -2.29. The van der Waals surface area contributed by atoms with Crippen LogP contribution >= 0.6 is 0 Å². The molecule has 1 atom stereocenters. The molecule has 1 N–H and O–H groups in total. The van der Waals surface area contributed by atoms with Gasteiger partial charge in [-0.05, 0) is 49.1 Å². The number of carbonyl (C=O) groups is 2. The van der Waals surface area contributed by atoms with Crippen molar-refractivity contribution in [1.82, 2.24) is 0 Å². The summed E-state index contributed by atoms with van der Waals surface area (Å²) in [5.74, 6) is -0.762. The lowest BCUT2D eigenvalue weighted by molar-refractivity contribution is -0.140. The predicted molar refractivity (Wildman–Crippen MR) is 147 cm³/mol. The zero-order valence-corrected chi connectivity index (χ0v) is 22.3. The molecule has 0 radical (unpaired) electrons. The highest BCUT2D eigenvalue weighted by molar-refractivity contribution is 5.97. The van der Waals surface area contributed by atoms with Gasteiger partial charge < -0.3 is 14.6 Å². The molecule has 1 aliphatic rings. The average molecular weight is 505 g/mol. The van der Waals surface area contributed by atoms with E-state index in [2.05, 4.69) is 13.8 Å². The molecule has 0 bridgehead atoms. The van der Waals surface area contributed by atoms with Gasteiger partial charge in [0.25, 0.3) is 0 Å². The fraction of sp³-hybridized carbons (Fsp3) is 0.438. The van der Waals surface area contributed by atoms with Crippen molar-refractivity contribution < 1.29 is 24.2 Å². The second-order valence-corrected chi connectivity index (χ2v) is 9.80. The van der Waals surface area contributed by atoms with Gasteiger partial charge in [0.1, 0.15) is 11.2 Å². The minimum Gasteiger partial charge on any atom is -0.494 e. The molecule has 198 valence electrons. The third kappa shape index (κ3) is 7.34. The number of allylic oxidation sites excluding steroid dienone is 2. The van der Waals surface area contributed by atoms with E-state index in [1.807, 2.05) is 43.3 Å². The summed E-state index contributed by atoms with van der Waals surface area (Å²) in [6.45, 7) is 6.87. The molecule has 0 saturated carbocycles. The lowest BCUT2D eigenvalue weighted by atomic mass is 9.73. The fourth-order valence-electron chi connectivity index (χ4n) is 4.61. The van der Waals surface area contributed by atoms with E-state index in [-0.39, 0.29) is 17.6 Å². The largest absolute Gasteiger partial charge is 0.494 e. The maximum absolute atomic E-state index is 13.0. The average Bonchev–Trinajstić information content (AvgIpc) is 2.92. The Kier molecular flexibility index (Phi) is 10.6. The molecule has 0 saturated heterocycles. The molecule has 1 unspecified atom stereocenters. The maximum Gasteiger partial charge on any atom is 0.338 e. The first-order valence-corrected chi connectivity index (χ1v) is 13.6. The van der Waals surface area contributed by atoms with Gasteiger partial charge in [0.2, 0.25) is 0 Å². The molecule has 3 rings (SSSR count). The van der Waals surface area contributed by atoms with Crippen molar-refractivity contribution in [3.8, 4) is 5.75 Å². The Morgan fingerprint density at radius 3 is 2.24 bits per heavy atom. The summed E-state index contributed by atoms with van der Waals surface area (Å²) in [6.07, 6.45) is 14.3. The lowest BCUT2D eigenvalue weighted by Crippen LogP contribution is -2.35. The topological polar surface area (TPSA) is 72.8 Å². The minimum atomic E-state index is -1.44. The van der Waals surface area contributed by atoms with E-state index in [0.29, 0.717) is 12.2 Å². The van der Waals surface area contributed by atoms with Crippen molar-refractivity contribution in [3.63, 3.8) is 0 Å². The van der Waals surface area contributed by atoms with Crippen LogP contribution in [0.3, 0.4) is 0 Å². The van der Waals surface area contributed by atoms with E-state index in [1.54, 1.807) is 36.4 Å². The highest BCUT2D eigenvalue weighted by Crippen LogP contribution is 2.37. The number of carboxylic acids is 1. The van der Waals surface area contributed by atoms with Crippen LogP contribution in [-0.4, -0.2) is 29.8 Å². The molecule has 5 heteroatoms. The zero-order chi connectivity index (χ0) is 26.7. The molecule has 1 aliphatic carbocycles. The molecule has 5 nitrogen and oxygen atoms in total. The SMILES string of the molecule is CCCCCCOc1ccc(C2C=CC(C(=O)O)(c3ccccc3C(=O)OC(C)CCCC)C=C2)cc1. The standard InChI is InChI=1S/C32H40O5/c1-4-6-8-11-23-36-27-17-15-25(16-18-27)26-19-21-32(22-20-26,31(34)35)29-14-10-9-13-28(29)30(33)37-24(3)12-7-5-2/h9-10,13-22,24,26H,4-8,11-12,23H2,1-3H3,(H,34,35). The van der Waals surface area contributed by atoms with Crippen molar-refractivity contribution in [3.05, 3.63) is 89.5 Å².